The van der Waals surface area contributed by atoms with Gasteiger partial charge in [0, 0.05) is 24.9 Å². The molecule has 0 aromatic rings. The van der Waals surface area contributed by atoms with Gasteiger partial charge in [-0.15, -0.1) is 11.6 Å². The van der Waals surface area contributed by atoms with E-state index in [-0.39, 0.29) is 23.5 Å². The third kappa shape index (κ3) is 1.22. The molecule has 4 aliphatic carbocycles. The van der Waals surface area contributed by atoms with Gasteiger partial charge in [0.25, 0.3) is 0 Å². The SMILES string of the molecule is C=C1C2C(=O)C3(CCl)C4CC(C1C24)C3C(=O)N(CC)CC. The van der Waals surface area contributed by atoms with Gasteiger partial charge in [-0.3, -0.25) is 9.59 Å². The van der Waals surface area contributed by atoms with E-state index in [1.807, 2.05) is 18.7 Å². The quantitative estimate of drug-likeness (QED) is 0.590. The summed E-state index contributed by atoms with van der Waals surface area (Å²) in [6, 6.07) is 0. The summed E-state index contributed by atoms with van der Waals surface area (Å²) >= 11 is 6.32. The molecule has 114 valence electrons. The highest BCUT2D eigenvalue weighted by atomic mass is 35.5. The van der Waals surface area contributed by atoms with Crippen molar-refractivity contribution in [2.75, 3.05) is 19.0 Å². The Hall–Kier alpha value is -0.830. The predicted molar refractivity (Wildman–Crippen MR) is 80.8 cm³/mol. The molecule has 0 radical (unpaired) electrons. The first-order chi connectivity index (χ1) is 10.0. The first-order valence-corrected chi connectivity index (χ1v) is 8.65. The minimum absolute atomic E-state index is 0.0123. The van der Waals surface area contributed by atoms with Crippen LogP contribution in [0.2, 0.25) is 0 Å². The summed E-state index contributed by atoms with van der Waals surface area (Å²) < 4.78 is 0. The average molecular weight is 308 g/mol. The lowest BCUT2D eigenvalue weighted by Gasteiger charge is -2.47. The first-order valence-electron chi connectivity index (χ1n) is 8.12. The van der Waals surface area contributed by atoms with Crippen molar-refractivity contribution in [2.45, 2.75) is 20.3 Å². The molecule has 0 aromatic heterocycles. The van der Waals surface area contributed by atoms with Crippen LogP contribution in [0.5, 0.6) is 0 Å². The fourth-order valence-corrected chi connectivity index (χ4v) is 6.79. The van der Waals surface area contributed by atoms with Gasteiger partial charge in [-0.2, -0.15) is 0 Å². The first kappa shape index (κ1) is 13.8. The zero-order chi connectivity index (χ0) is 15.1. The third-order valence-corrected chi connectivity index (χ3v) is 7.47. The van der Waals surface area contributed by atoms with Crippen LogP contribution in [0.4, 0.5) is 0 Å². The number of ketones is 1. The number of hydrogen-bond acceptors (Lipinski definition) is 2. The Morgan fingerprint density at radius 3 is 2.67 bits per heavy atom. The van der Waals surface area contributed by atoms with Crippen LogP contribution < -0.4 is 0 Å². The summed E-state index contributed by atoms with van der Waals surface area (Å²) in [5.74, 6) is 2.01. The number of Topliss-reactive ketones (excluding diaryl/α,β-unsaturated/α-hetero) is 1. The van der Waals surface area contributed by atoms with E-state index in [9.17, 15) is 9.59 Å². The molecule has 2 bridgehead atoms. The average Bonchev–Trinajstić information content (AvgIpc) is 2.99. The normalized spacial score (nSPS) is 48.7. The van der Waals surface area contributed by atoms with Crippen molar-refractivity contribution in [3.8, 4) is 0 Å². The van der Waals surface area contributed by atoms with Crippen molar-refractivity contribution in [2.24, 2.45) is 40.9 Å². The smallest absolute Gasteiger partial charge is 0.227 e. The Balaban J connectivity index is 1.81. The molecular formula is C17H22ClNO2. The van der Waals surface area contributed by atoms with Crippen LogP contribution in [0.25, 0.3) is 0 Å². The molecule has 3 nitrogen and oxygen atoms in total. The molecule has 21 heavy (non-hydrogen) atoms. The van der Waals surface area contributed by atoms with Gasteiger partial charge in [0.2, 0.25) is 5.91 Å². The number of carbonyl (C=O) groups is 2. The molecule has 4 aliphatic rings. The largest absolute Gasteiger partial charge is 0.343 e. The maximum Gasteiger partial charge on any atom is 0.227 e. The maximum absolute atomic E-state index is 13.1. The second kappa shape index (κ2) is 4.13. The Morgan fingerprint density at radius 1 is 1.43 bits per heavy atom. The summed E-state index contributed by atoms with van der Waals surface area (Å²) in [7, 11) is 0. The van der Waals surface area contributed by atoms with E-state index in [2.05, 4.69) is 6.58 Å². The second-order valence-corrected chi connectivity index (χ2v) is 7.46. The Bertz CT molecular complexity index is 555. The Labute approximate surface area is 130 Å². The van der Waals surface area contributed by atoms with Crippen LogP contribution in [0.15, 0.2) is 12.2 Å². The standard InChI is InChI=1S/C17H22ClNO2/c1-4-19(5-2)16(21)14-9-6-10-13-11(9)8(3)12(13)15(20)17(10,14)7-18/h9-14H,3-7H2,1-2H3. The van der Waals surface area contributed by atoms with Crippen LogP contribution >= 0.6 is 11.6 Å². The molecule has 0 heterocycles. The van der Waals surface area contributed by atoms with Gasteiger partial charge in [-0.25, -0.2) is 0 Å². The summed E-state index contributed by atoms with van der Waals surface area (Å²) in [4.78, 5) is 27.9. The van der Waals surface area contributed by atoms with E-state index < -0.39 is 5.41 Å². The van der Waals surface area contributed by atoms with Gasteiger partial charge in [0.05, 0.1) is 11.3 Å². The fourth-order valence-electron chi connectivity index (χ4n) is 6.29. The Morgan fingerprint density at radius 2 is 2.10 bits per heavy atom. The number of allylic oxidation sites excluding steroid dienone is 1. The van der Waals surface area contributed by atoms with Crippen molar-refractivity contribution in [3.63, 3.8) is 0 Å². The van der Waals surface area contributed by atoms with Crippen LogP contribution in [-0.2, 0) is 9.59 Å². The molecule has 7 atom stereocenters. The lowest BCUT2D eigenvalue weighted by Crippen LogP contribution is -2.51. The van der Waals surface area contributed by atoms with Crippen LogP contribution in [-0.4, -0.2) is 35.6 Å². The fraction of sp³-hybridized carbons (Fsp3) is 0.765. The second-order valence-electron chi connectivity index (χ2n) is 7.19. The highest BCUT2D eigenvalue weighted by molar-refractivity contribution is 6.21. The van der Waals surface area contributed by atoms with Crippen LogP contribution in [0.1, 0.15) is 20.3 Å². The van der Waals surface area contributed by atoms with Crippen molar-refractivity contribution in [1.82, 2.24) is 4.90 Å². The number of carbonyl (C=O) groups excluding carboxylic acids is 2. The molecule has 0 aromatic carbocycles. The predicted octanol–water partition coefficient (Wildman–Crippen LogP) is 2.35. The number of rotatable bonds is 4. The van der Waals surface area contributed by atoms with Gasteiger partial charge in [-0.1, -0.05) is 12.2 Å². The number of alkyl halides is 1. The van der Waals surface area contributed by atoms with E-state index in [1.54, 1.807) is 0 Å². The highest BCUT2D eigenvalue weighted by Crippen LogP contribution is 2.79. The summed E-state index contributed by atoms with van der Waals surface area (Å²) in [5, 5.41) is 0. The zero-order valence-electron chi connectivity index (χ0n) is 12.6. The van der Waals surface area contributed by atoms with Gasteiger partial charge in [0.15, 0.2) is 0 Å². The van der Waals surface area contributed by atoms with E-state index in [0.29, 0.717) is 42.6 Å². The third-order valence-electron chi connectivity index (χ3n) is 7.03. The van der Waals surface area contributed by atoms with Crippen molar-refractivity contribution in [1.29, 1.82) is 0 Å². The number of amides is 1. The molecule has 0 saturated heterocycles. The van der Waals surface area contributed by atoms with E-state index in [4.69, 9.17) is 11.6 Å². The zero-order valence-corrected chi connectivity index (χ0v) is 13.4. The molecule has 0 aliphatic heterocycles. The molecule has 4 saturated carbocycles. The highest BCUT2D eigenvalue weighted by Gasteiger charge is 2.81. The lowest BCUT2D eigenvalue weighted by molar-refractivity contribution is -0.146. The number of nitrogens with zero attached hydrogens (tertiary/aromatic N) is 1. The minimum Gasteiger partial charge on any atom is -0.343 e. The van der Waals surface area contributed by atoms with Gasteiger partial charge in [-0.05, 0) is 43.9 Å². The van der Waals surface area contributed by atoms with Gasteiger partial charge < -0.3 is 4.90 Å². The van der Waals surface area contributed by atoms with Gasteiger partial charge >= 0.3 is 0 Å². The molecular weight excluding hydrogens is 286 g/mol. The number of halogens is 1. The maximum atomic E-state index is 13.1. The van der Waals surface area contributed by atoms with Gasteiger partial charge in [0.1, 0.15) is 5.78 Å². The molecule has 7 unspecified atom stereocenters. The topological polar surface area (TPSA) is 37.4 Å². The van der Waals surface area contributed by atoms with Crippen molar-refractivity contribution < 1.29 is 9.59 Å². The van der Waals surface area contributed by atoms with E-state index in [1.165, 1.54) is 0 Å². The minimum atomic E-state index is -0.586. The van der Waals surface area contributed by atoms with Crippen molar-refractivity contribution in [3.05, 3.63) is 12.2 Å². The summed E-state index contributed by atoms with van der Waals surface area (Å²) in [6.07, 6.45) is 1.00. The molecule has 1 amide bonds. The monoisotopic (exact) mass is 307 g/mol. The number of hydrogen-bond donors (Lipinski definition) is 0. The Kier molecular flexibility index (Phi) is 2.71. The molecule has 0 spiro atoms. The van der Waals surface area contributed by atoms with Crippen LogP contribution in [0, 0.1) is 40.9 Å². The van der Waals surface area contributed by atoms with E-state index >= 15 is 0 Å². The molecule has 4 rings (SSSR count). The molecule has 4 heteroatoms. The van der Waals surface area contributed by atoms with E-state index in [0.717, 1.165) is 12.0 Å². The van der Waals surface area contributed by atoms with Crippen LogP contribution in [0.3, 0.4) is 0 Å². The lowest BCUT2D eigenvalue weighted by atomic mass is 9.57. The number of fused-ring (bicyclic) bond motifs is 2. The summed E-state index contributed by atoms with van der Waals surface area (Å²) in [5.41, 5.74) is 0.510. The molecule has 0 N–H and O–H groups in total. The molecule has 4 fully saturated rings. The van der Waals surface area contributed by atoms with Crippen molar-refractivity contribution >= 4 is 23.3 Å². The summed E-state index contributed by atoms with van der Waals surface area (Å²) in [6.45, 7) is 9.57.